The number of nitriles is 1. The smallest absolute Gasteiger partial charge is 0.162 e. The van der Waals surface area contributed by atoms with Crippen LogP contribution in [0.5, 0.6) is 11.5 Å². The summed E-state index contributed by atoms with van der Waals surface area (Å²) in [6.45, 7) is 0.481. The maximum atomic E-state index is 9.48. The summed E-state index contributed by atoms with van der Waals surface area (Å²) in [5, 5.41) is 27.4. The lowest BCUT2D eigenvalue weighted by atomic mass is 10.1. The molecule has 0 bridgehead atoms. The molecule has 1 aromatic rings. The van der Waals surface area contributed by atoms with Crippen LogP contribution in [-0.4, -0.2) is 29.2 Å². The third-order valence-corrected chi connectivity index (χ3v) is 1.78. The molecule has 0 atom stereocenters. The third kappa shape index (κ3) is 2.15. The van der Waals surface area contributed by atoms with Gasteiger partial charge in [0.25, 0.3) is 0 Å². The lowest BCUT2D eigenvalue weighted by Gasteiger charge is -2.12. The fraction of sp³-hybridized carbons (Fsp3) is 0.300. The molecule has 0 aromatic heterocycles. The minimum absolute atomic E-state index is 0.155. The molecule has 1 aromatic carbocycles. The highest BCUT2D eigenvalue weighted by Crippen LogP contribution is 2.30. The van der Waals surface area contributed by atoms with E-state index in [1.54, 1.807) is 6.07 Å². The fourth-order valence-electron chi connectivity index (χ4n) is 1.20. The van der Waals surface area contributed by atoms with Gasteiger partial charge in [-0.1, -0.05) is 0 Å². The summed E-state index contributed by atoms with van der Waals surface area (Å²) in [7, 11) is 3.69. The van der Waals surface area contributed by atoms with Crippen LogP contribution in [0.4, 0.5) is 0 Å². The Balaban J connectivity index is 3.15. The highest BCUT2D eigenvalue weighted by Gasteiger charge is 2.09. The van der Waals surface area contributed by atoms with Crippen LogP contribution in [0.1, 0.15) is 11.1 Å². The number of phenolic OH excluding ortho intramolecular Hbond substituents is 2. The van der Waals surface area contributed by atoms with Gasteiger partial charge in [-0.25, -0.2) is 0 Å². The highest BCUT2D eigenvalue weighted by molar-refractivity contribution is 5.50. The fourth-order valence-corrected chi connectivity index (χ4v) is 1.20. The summed E-state index contributed by atoms with van der Waals surface area (Å²) in [6, 6.07) is 4.73. The highest BCUT2D eigenvalue weighted by atomic mass is 16.3. The van der Waals surface area contributed by atoms with E-state index in [4.69, 9.17) is 5.26 Å². The van der Waals surface area contributed by atoms with Crippen LogP contribution in [0.25, 0.3) is 0 Å². The van der Waals surface area contributed by atoms with Crippen molar-refractivity contribution in [2.24, 2.45) is 0 Å². The molecule has 0 amide bonds. The lowest BCUT2D eigenvalue weighted by Crippen LogP contribution is -2.10. The Morgan fingerprint density at radius 1 is 1.36 bits per heavy atom. The van der Waals surface area contributed by atoms with Crippen molar-refractivity contribution in [1.82, 2.24) is 4.90 Å². The maximum Gasteiger partial charge on any atom is 0.162 e. The zero-order valence-corrected chi connectivity index (χ0v) is 8.15. The molecule has 14 heavy (non-hydrogen) atoms. The minimum Gasteiger partial charge on any atom is -0.504 e. The molecule has 0 aliphatic carbocycles. The SMILES string of the molecule is CN(C)Cc1cc(C#N)cc(O)c1O. The Bertz CT molecular complexity index is 380. The van der Waals surface area contributed by atoms with Crippen LogP contribution in [0, 0.1) is 11.3 Å². The van der Waals surface area contributed by atoms with Crippen LogP contribution < -0.4 is 0 Å². The van der Waals surface area contributed by atoms with Gasteiger partial charge < -0.3 is 15.1 Å². The molecule has 0 fully saturated rings. The Morgan fingerprint density at radius 3 is 2.50 bits per heavy atom. The topological polar surface area (TPSA) is 67.5 Å². The van der Waals surface area contributed by atoms with E-state index in [-0.39, 0.29) is 11.5 Å². The quantitative estimate of drug-likeness (QED) is 0.687. The van der Waals surface area contributed by atoms with Crippen molar-refractivity contribution in [2.75, 3.05) is 14.1 Å². The van der Waals surface area contributed by atoms with Gasteiger partial charge in [-0.15, -0.1) is 0 Å². The standard InChI is InChI=1S/C10H12N2O2/c1-12(2)6-8-3-7(5-11)4-9(13)10(8)14/h3-4,13-14H,6H2,1-2H3. The largest absolute Gasteiger partial charge is 0.504 e. The van der Waals surface area contributed by atoms with Crippen molar-refractivity contribution < 1.29 is 10.2 Å². The number of benzene rings is 1. The molecule has 0 aliphatic rings. The van der Waals surface area contributed by atoms with E-state index in [1.807, 2.05) is 25.1 Å². The van der Waals surface area contributed by atoms with E-state index in [1.165, 1.54) is 6.07 Å². The van der Waals surface area contributed by atoms with Crippen molar-refractivity contribution in [1.29, 1.82) is 5.26 Å². The number of phenols is 2. The summed E-state index contributed by atoms with van der Waals surface area (Å²) in [4.78, 5) is 1.84. The zero-order valence-electron chi connectivity index (χ0n) is 8.15. The van der Waals surface area contributed by atoms with Crippen LogP contribution >= 0.6 is 0 Å². The number of hydrogen-bond donors (Lipinski definition) is 2. The molecule has 0 saturated heterocycles. The molecule has 1 rings (SSSR count). The Kier molecular flexibility index (Phi) is 2.95. The Morgan fingerprint density at radius 2 is 2.00 bits per heavy atom. The first-order valence-electron chi connectivity index (χ1n) is 4.14. The monoisotopic (exact) mass is 192 g/mol. The third-order valence-electron chi connectivity index (χ3n) is 1.78. The van der Waals surface area contributed by atoms with E-state index < -0.39 is 0 Å². The predicted octanol–water partition coefficient (Wildman–Crippen LogP) is 1.03. The second-order valence-corrected chi connectivity index (χ2v) is 3.35. The van der Waals surface area contributed by atoms with Crippen molar-refractivity contribution in [3.63, 3.8) is 0 Å². The summed E-state index contributed by atoms with van der Waals surface area (Å²) >= 11 is 0. The van der Waals surface area contributed by atoms with Crippen molar-refractivity contribution in [3.05, 3.63) is 23.3 Å². The van der Waals surface area contributed by atoms with E-state index in [0.29, 0.717) is 17.7 Å². The summed E-state index contributed by atoms with van der Waals surface area (Å²) in [6.07, 6.45) is 0. The van der Waals surface area contributed by atoms with Gasteiger partial charge in [-0.05, 0) is 20.2 Å². The summed E-state index contributed by atoms with van der Waals surface area (Å²) < 4.78 is 0. The van der Waals surface area contributed by atoms with Gasteiger partial charge in [-0.2, -0.15) is 5.26 Å². The maximum absolute atomic E-state index is 9.48. The van der Waals surface area contributed by atoms with Gasteiger partial charge in [0.1, 0.15) is 0 Å². The van der Waals surface area contributed by atoms with Crippen LogP contribution in [0.3, 0.4) is 0 Å². The van der Waals surface area contributed by atoms with E-state index >= 15 is 0 Å². The second kappa shape index (κ2) is 3.99. The van der Waals surface area contributed by atoms with Gasteiger partial charge in [-0.3, -0.25) is 0 Å². The molecular formula is C10H12N2O2. The summed E-state index contributed by atoms with van der Waals surface area (Å²) in [5.74, 6) is -0.404. The number of aromatic hydroxyl groups is 2. The first-order chi connectivity index (χ1) is 6.54. The summed E-state index contributed by atoms with van der Waals surface area (Å²) in [5.41, 5.74) is 0.892. The molecule has 4 nitrogen and oxygen atoms in total. The molecule has 0 heterocycles. The van der Waals surface area contributed by atoms with Gasteiger partial charge in [0.15, 0.2) is 11.5 Å². The number of hydrogen-bond acceptors (Lipinski definition) is 4. The predicted molar refractivity (Wildman–Crippen MR) is 51.9 cm³/mol. The average molecular weight is 192 g/mol. The van der Waals surface area contributed by atoms with Crippen LogP contribution in [0.15, 0.2) is 12.1 Å². The van der Waals surface area contributed by atoms with Gasteiger partial charge in [0.2, 0.25) is 0 Å². The Hall–Kier alpha value is -1.73. The molecule has 0 aliphatic heterocycles. The first-order valence-corrected chi connectivity index (χ1v) is 4.14. The van der Waals surface area contributed by atoms with E-state index in [9.17, 15) is 10.2 Å². The van der Waals surface area contributed by atoms with Gasteiger partial charge >= 0.3 is 0 Å². The van der Waals surface area contributed by atoms with Crippen molar-refractivity contribution in [3.8, 4) is 17.6 Å². The Labute approximate surface area is 82.6 Å². The van der Waals surface area contributed by atoms with Gasteiger partial charge in [0.05, 0.1) is 11.6 Å². The van der Waals surface area contributed by atoms with Gasteiger partial charge in [0, 0.05) is 18.2 Å². The van der Waals surface area contributed by atoms with E-state index in [0.717, 1.165) is 0 Å². The average Bonchev–Trinajstić information content (AvgIpc) is 2.11. The van der Waals surface area contributed by atoms with Crippen molar-refractivity contribution in [2.45, 2.75) is 6.54 Å². The van der Waals surface area contributed by atoms with E-state index in [2.05, 4.69) is 0 Å². The zero-order chi connectivity index (χ0) is 10.7. The molecule has 0 saturated carbocycles. The first kappa shape index (κ1) is 10.4. The molecule has 74 valence electrons. The molecule has 0 radical (unpaired) electrons. The number of nitrogens with zero attached hydrogens (tertiary/aromatic N) is 2. The van der Waals surface area contributed by atoms with Crippen LogP contribution in [-0.2, 0) is 6.54 Å². The number of rotatable bonds is 2. The molecule has 0 spiro atoms. The molecular weight excluding hydrogens is 180 g/mol. The van der Waals surface area contributed by atoms with Crippen molar-refractivity contribution >= 4 is 0 Å². The molecule has 4 heteroatoms. The molecule has 0 unspecified atom stereocenters. The minimum atomic E-state index is -0.249. The second-order valence-electron chi connectivity index (χ2n) is 3.35. The molecule has 2 N–H and O–H groups in total. The normalized spacial score (nSPS) is 10.1. The van der Waals surface area contributed by atoms with Crippen LogP contribution in [0.2, 0.25) is 0 Å². The lowest BCUT2D eigenvalue weighted by molar-refractivity contribution is 0.368.